The normalized spacial score (nSPS) is 18.2. The molecule has 1 aliphatic heterocycles. The van der Waals surface area contributed by atoms with Crippen molar-refractivity contribution >= 4 is 17.6 Å². The summed E-state index contributed by atoms with van der Waals surface area (Å²) < 4.78 is 0. The third kappa shape index (κ3) is 3.24. The smallest absolute Gasteiger partial charge is 0.223 e. The Bertz CT molecular complexity index is 383. The van der Waals surface area contributed by atoms with E-state index in [2.05, 4.69) is 20.2 Å². The molecule has 1 aromatic heterocycles. The molecule has 5 heteroatoms. The van der Waals surface area contributed by atoms with Crippen LogP contribution in [0.15, 0.2) is 6.07 Å². The Balaban J connectivity index is 0.000000574. The van der Waals surface area contributed by atoms with Crippen molar-refractivity contribution in [1.29, 1.82) is 0 Å². The van der Waals surface area contributed by atoms with Crippen molar-refractivity contribution < 1.29 is 0 Å². The molecule has 2 aliphatic rings. The van der Waals surface area contributed by atoms with E-state index in [-0.39, 0.29) is 0 Å². The summed E-state index contributed by atoms with van der Waals surface area (Å²) in [5.41, 5.74) is 5.73. The number of anilines is 3. The lowest BCUT2D eigenvalue weighted by Crippen LogP contribution is -2.20. The average Bonchev–Trinajstić information content (AvgIpc) is 3.02. The highest BCUT2D eigenvalue weighted by Gasteiger charge is 2.22. The summed E-state index contributed by atoms with van der Waals surface area (Å²) in [4.78, 5) is 10.8. The van der Waals surface area contributed by atoms with Gasteiger partial charge in [-0.1, -0.05) is 13.8 Å². The largest absolute Gasteiger partial charge is 0.368 e. The molecule has 18 heavy (non-hydrogen) atoms. The molecule has 3 rings (SSSR count). The minimum absolute atomic E-state index is 0.368. The van der Waals surface area contributed by atoms with Gasteiger partial charge >= 0.3 is 0 Å². The van der Waals surface area contributed by atoms with Gasteiger partial charge in [0.1, 0.15) is 11.6 Å². The molecule has 1 saturated carbocycles. The molecular weight excluding hydrogens is 226 g/mol. The Hall–Kier alpha value is -1.52. The summed E-state index contributed by atoms with van der Waals surface area (Å²) in [6.45, 7) is 6.17. The lowest BCUT2D eigenvalue weighted by Gasteiger charge is -2.17. The van der Waals surface area contributed by atoms with Gasteiger partial charge in [0, 0.05) is 25.2 Å². The fraction of sp³-hybridized carbons (Fsp3) is 0.692. The Morgan fingerprint density at radius 1 is 1.22 bits per heavy atom. The van der Waals surface area contributed by atoms with Crippen LogP contribution in [0.2, 0.25) is 0 Å². The van der Waals surface area contributed by atoms with Crippen LogP contribution in [0.5, 0.6) is 0 Å². The minimum Gasteiger partial charge on any atom is -0.368 e. The van der Waals surface area contributed by atoms with Crippen LogP contribution in [0.25, 0.3) is 0 Å². The van der Waals surface area contributed by atoms with Gasteiger partial charge in [-0.15, -0.1) is 0 Å². The van der Waals surface area contributed by atoms with Crippen molar-refractivity contribution in [2.24, 2.45) is 0 Å². The summed E-state index contributed by atoms with van der Waals surface area (Å²) in [5.74, 6) is 2.21. The maximum absolute atomic E-state index is 5.73. The number of hydrogen-bond acceptors (Lipinski definition) is 5. The Labute approximate surface area is 109 Å². The second-order valence-corrected chi connectivity index (χ2v) is 4.58. The van der Waals surface area contributed by atoms with E-state index in [0.29, 0.717) is 12.0 Å². The highest BCUT2D eigenvalue weighted by molar-refractivity contribution is 5.53. The predicted octanol–water partition coefficient (Wildman–Crippen LogP) is 2.26. The maximum Gasteiger partial charge on any atom is 0.223 e. The zero-order chi connectivity index (χ0) is 13.0. The summed E-state index contributed by atoms with van der Waals surface area (Å²) in [6.07, 6.45) is 4.97. The van der Waals surface area contributed by atoms with Gasteiger partial charge in [0.25, 0.3) is 0 Å². The fourth-order valence-corrected chi connectivity index (χ4v) is 2.07. The molecule has 3 N–H and O–H groups in total. The van der Waals surface area contributed by atoms with Crippen LogP contribution in [0.4, 0.5) is 17.6 Å². The van der Waals surface area contributed by atoms with E-state index in [1.165, 1.54) is 25.7 Å². The molecule has 0 aromatic carbocycles. The molecule has 1 saturated heterocycles. The van der Waals surface area contributed by atoms with E-state index in [1.807, 2.05) is 19.9 Å². The molecule has 0 spiro atoms. The summed E-state index contributed by atoms with van der Waals surface area (Å²) in [5, 5.41) is 3.36. The molecule has 2 fully saturated rings. The monoisotopic (exact) mass is 249 g/mol. The molecule has 1 aliphatic carbocycles. The minimum atomic E-state index is 0.368. The van der Waals surface area contributed by atoms with E-state index in [0.717, 1.165) is 24.7 Å². The van der Waals surface area contributed by atoms with Gasteiger partial charge in [0.15, 0.2) is 0 Å². The second-order valence-electron chi connectivity index (χ2n) is 4.58. The summed E-state index contributed by atoms with van der Waals surface area (Å²) >= 11 is 0. The van der Waals surface area contributed by atoms with Gasteiger partial charge < -0.3 is 16.0 Å². The average molecular weight is 249 g/mol. The molecule has 0 bridgehead atoms. The van der Waals surface area contributed by atoms with Crippen LogP contribution in [-0.2, 0) is 0 Å². The number of aromatic nitrogens is 2. The zero-order valence-electron chi connectivity index (χ0n) is 11.3. The van der Waals surface area contributed by atoms with Crippen molar-refractivity contribution in [2.75, 3.05) is 29.0 Å². The number of nitrogens with two attached hydrogens (primary N) is 1. The van der Waals surface area contributed by atoms with Crippen LogP contribution < -0.4 is 16.0 Å². The van der Waals surface area contributed by atoms with Crippen LogP contribution in [0, 0.1) is 0 Å². The number of hydrogen-bond donors (Lipinski definition) is 2. The fourth-order valence-electron chi connectivity index (χ4n) is 2.07. The van der Waals surface area contributed by atoms with Crippen molar-refractivity contribution in [3.63, 3.8) is 0 Å². The molecular formula is C13H23N5. The highest BCUT2D eigenvalue weighted by Crippen LogP contribution is 2.26. The van der Waals surface area contributed by atoms with E-state index in [4.69, 9.17) is 5.73 Å². The second kappa shape index (κ2) is 5.89. The first-order chi connectivity index (χ1) is 8.81. The van der Waals surface area contributed by atoms with E-state index < -0.39 is 0 Å². The number of nitrogens with one attached hydrogen (secondary N) is 1. The van der Waals surface area contributed by atoms with Crippen LogP contribution in [-0.4, -0.2) is 29.1 Å². The third-order valence-electron chi connectivity index (χ3n) is 3.09. The van der Waals surface area contributed by atoms with E-state index in [9.17, 15) is 0 Å². The van der Waals surface area contributed by atoms with Gasteiger partial charge in [-0.25, -0.2) is 0 Å². The molecule has 2 heterocycles. The third-order valence-corrected chi connectivity index (χ3v) is 3.09. The first-order valence-electron chi connectivity index (χ1n) is 6.97. The molecule has 0 atom stereocenters. The van der Waals surface area contributed by atoms with E-state index in [1.54, 1.807) is 0 Å². The molecule has 1 aromatic rings. The van der Waals surface area contributed by atoms with Gasteiger partial charge in [-0.05, 0) is 25.7 Å². The van der Waals surface area contributed by atoms with Crippen molar-refractivity contribution in [3.8, 4) is 0 Å². The number of nitrogen functional groups attached to an aromatic ring is 1. The molecule has 0 amide bonds. The quantitative estimate of drug-likeness (QED) is 0.860. The van der Waals surface area contributed by atoms with Gasteiger partial charge in [0.2, 0.25) is 5.95 Å². The van der Waals surface area contributed by atoms with Crippen molar-refractivity contribution in [2.45, 2.75) is 45.6 Å². The first-order valence-corrected chi connectivity index (χ1v) is 6.97. The molecule has 0 radical (unpaired) electrons. The zero-order valence-corrected chi connectivity index (χ0v) is 11.3. The lowest BCUT2D eigenvalue weighted by atomic mass is 10.4. The molecule has 100 valence electrons. The Kier molecular flexibility index (Phi) is 4.23. The topological polar surface area (TPSA) is 67.1 Å². The predicted molar refractivity (Wildman–Crippen MR) is 75.9 cm³/mol. The van der Waals surface area contributed by atoms with E-state index >= 15 is 0 Å². The van der Waals surface area contributed by atoms with Gasteiger partial charge in [0.05, 0.1) is 0 Å². The highest BCUT2D eigenvalue weighted by atomic mass is 15.2. The van der Waals surface area contributed by atoms with Gasteiger partial charge in [-0.3, -0.25) is 0 Å². The van der Waals surface area contributed by atoms with Gasteiger partial charge in [-0.2, -0.15) is 9.97 Å². The van der Waals surface area contributed by atoms with Crippen LogP contribution in [0.3, 0.4) is 0 Å². The maximum atomic E-state index is 5.73. The lowest BCUT2D eigenvalue weighted by molar-refractivity contribution is 0.929. The van der Waals surface area contributed by atoms with Crippen molar-refractivity contribution in [1.82, 2.24) is 9.97 Å². The number of rotatable bonds is 3. The Morgan fingerprint density at radius 2 is 1.89 bits per heavy atom. The number of nitrogens with zero attached hydrogens (tertiary/aromatic N) is 3. The standard InChI is InChI=1S/C11H17N5.C2H6/c12-11-14-9(13-8-3-4-8)7-10(15-11)16-5-1-2-6-16;1-2/h7-8H,1-6H2,(H3,12,13,14,15);1-2H3. The summed E-state index contributed by atoms with van der Waals surface area (Å²) in [6, 6.07) is 2.61. The van der Waals surface area contributed by atoms with Crippen LogP contribution >= 0.6 is 0 Å². The first kappa shape index (κ1) is 12.9. The van der Waals surface area contributed by atoms with Crippen LogP contribution in [0.1, 0.15) is 39.5 Å². The Morgan fingerprint density at radius 3 is 2.50 bits per heavy atom. The van der Waals surface area contributed by atoms with Crippen molar-refractivity contribution in [3.05, 3.63) is 6.07 Å². The summed E-state index contributed by atoms with van der Waals surface area (Å²) in [7, 11) is 0. The molecule has 0 unspecified atom stereocenters. The SMILES string of the molecule is CC.Nc1nc(NC2CC2)cc(N2CCCC2)n1. The molecule has 5 nitrogen and oxygen atoms in total.